The van der Waals surface area contributed by atoms with Crippen LogP contribution in [0.25, 0.3) is 0 Å². The number of carbonyl (C=O) groups excluding carboxylic acids is 2. The van der Waals surface area contributed by atoms with Crippen molar-refractivity contribution in [1.29, 1.82) is 0 Å². The van der Waals surface area contributed by atoms with E-state index in [1.807, 2.05) is 0 Å². The molecule has 148 valence electrons. The molecular formula is C18H22F2N2O4S. The van der Waals surface area contributed by atoms with E-state index >= 15 is 0 Å². The molecule has 2 aliphatic heterocycles. The van der Waals surface area contributed by atoms with Gasteiger partial charge in [0.05, 0.1) is 17.5 Å². The minimum absolute atomic E-state index is 0.0353. The fourth-order valence-corrected chi connectivity index (χ4v) is 5.23. The van der Waals surface area contributed by atoms with Crippen molar-refractivity contribution in [3.8, 4) is 0 Å². The van der Waals surface area contributed by atoms with Crippen molar-refractivity contribution < 1.29 is 26.8 Å². The summed E-state index contributed by atoms with van der Waals surface area (Å²) in [6.45, 7) is 2.07. The minimum atomic E-state index is -3.10. The third kappa shape index (κ3) is 4.28. The first-order valence-electron chi connectivity index (χ1n) is 8.89. The lowest BCUT2D eigenvalue weighted by atomic mass is 9.96. The highest BCUT2D eigenvalue weighted by Gasteiger charge is 2.38. The van der Waals surface area contributed by atoms with E-state index in [1.54, 1.807) is 0 Å². The summed E-state index contributed by atoms with van der Waals surface area (Å²) in [5, 5.41) is 0. The maximum Gasteiger partial charge on any atom is 0.226 e. The van der Waals surface area contributed by atoms with Gasteiger partial charge in [0.2, 0.25) is 11.8 Å². The Bertz CT molecular complexity index is 845. The number of amides is 2. The van der Waals surface area contributed by atoms with Gasteiger partial charge in [0, 0.05) is 44.1 Å². The largest absolute Gasteiger partial charge is 0.339 e. The Hall–Kier alpha value is -2.03. The van der Waals surface area contributed by atoms with Crippen LogP contribution in [0, 0.1) is 17.6 Å². The van der Waals surface area contributed by atoms with Crippen molar-refractivity contribution in [2.24, 2.45) is 5.92 Å². The molecule has 3 rings (SSSR count). The second-order valence-corrected chi connectivity index (χ2v) is 9.41. The van der Waals surface area contributed by atoms with Crippen LogP contribution in [0.3, 0.4) is 0 Å². The summed E-state index contributed by atoms with van der Waals surface area (Å²) < 4.78 is 50.9. The Kier molecular flexibility index (Phi) is 5.50. The summed E-state index contributed by atoms with van der Waals surface area (Å²) >= 11 is 0. The Balaban J connectivity index is 1.87. The van der Waals surface area contributed by atoms with E-state index in [9.17, 15) is 26.8 Å². The minimum Gasteiger partial charge on any atom is -0.339 e. The number of rotatable bonds is 2. The monoisotopic (exact) mass is 400 g/mol. The van der Waals surface area contributed by atoms with Crippen LogP contribution in [0.2, 0.25) is 0 Å². The van der Waals surface area contributed by atoms with E-state index < -0.39 is 33.4 Å². The molecule has 1 unspecified atom stereocenters. The zero-order chi connectivity index (χ0) is 19.8. The smallest absolute Gasteiger partial charge is 0.226 e. The molecule has 2 aliphatic rings. The van der Waals surface area contributed by atoms with E-state index in [0.717, 1.165) is 12.1 Å². The van der Waals surface area contributed by atoms with E-state index in [2.05, 4.69) is 0 Å². The summed E-state index contributed by atoms with van der Waals surface area (Å²) in [4.78, 5) is 27.8. The fraction of sp³-hybridized carbons (Fsp3) is 0.556. The molecular weight excluding hydrogens is 378 g/mol. The van der Waals surface area contributed by atoms with Gasteiger partial charge in [-0.25, -0.2) is 17.2 Å². The first kappa shape index (κ1) is 19.7. The van der Waals surface area contributed by atoms with Crippen LogP contribution in [0.1, 0.15) is 31.4 Å². The lowest BCUT2D eigenvalue weighted by Gasteiger charge is -2.43. The lowest BCUT2D eigenvalue weighted by Crippen LogP contribution is -2.54. The number of sulfone groups is 1. The summed E-state index contributed by atoms with van der Waals surface area (Å²) in [7, 11) is -3.10. The Morgan fingerprint density at radius 2 is 1.78 bits per heavy atom. The third-order valence-corrected chi connectivity index (χ3v) is 7.05. The maximum atomic E-state index is 14.4. The van der Waals surface area contributed by atoms with Crippen LogP contribution < -0.4 is 0 Å². The lowest BCUT2D eigenvalue weighted by molar-refractivity contribution is -0.145. The highest BCUT2D eigenvalue weighted by molar-refractivity contribution is 7.91. The molecule has 0 N–H and O–H groups in total. The Morgan fingerprint density at radius 1 is 1.11 bits per heavy atom. The Labute approximate surface area is 157 Å². The van der Waals surface area contributed by atoms with Crippen molar-refractivity contribution in [3.63, 3.8) is 0 Å². The van der Waals surface area contributed by atoms with Gasteiger partial charge in [-0.05, 0) is 18.9 Å². The number of nitrogens with zero attached hydrogens (tertiary/aromatic N) is 2. The third-order valence-electron chi connectivity index (χ3n) is 5.33. The van der Waals surface area contributed by atoms with E-state index in [4.69, 9.17) is 0 Å². The molecule has 9 heteroatoms. The van der Waals surface area contributed by atoms with Gasteiger partial charge in [0.25, 0.3) is 0 Å². The Morgan fingerprint density at radius 3 is 2.37 bits per heavy atom. The van der Waals surface area contributed by atoms with Gasteiger partial charge >= 0.3 is 0 Å². The van der Waals surface area contributed by atoms with Gasteiger partial charge in [-0.3, -0.25) is 9.59 Å². The molecule has 1 aromatic carbocycles. The van der Waals surface area contributed by atoms with E-state index in [1.165, 1.54) is 22.8 Å². The molecule has 0 aromatic heterocycles. The highest BCUT2D eigenvalue weighted by atomic mass is 32.2. The number of piperazine rings is 1. The number of halogens is 2. The molecule has 1 atom stereocenters. The highest BCUT2D eigenvalue weighted by Crippen LogP contribution is 2.31. The predicted octanol–water partition coefficient (Wildman–Crippen LogP) is 1.52. The van der Waals surface area contributed by atoms with Gasteiger partial charge in [-0.1, -0.05) is 6.07 Å². The van der Waals surface area contributed by atoms with Gasteiger partial charge < -0.3 is 9.80 Å². The number of benzene rings is 1. The number of carbonyl (C=O) groups is 2. The van der Waals surface area contributed by atoms with Crippen molar-refractivity contribution in [2.75, 3.05) is 31.1 Å². The van der Waals surface area contributed by atoms with Gasteiger partial charge in [-0.2, -0.15) is 0 Å². The van der Waals surface area contributed by atoms with Crippen molar-refractivity contribution in [2.45, 2.75) is 25.8 Å². The molecule has 6 nitrogen and oxygen atoms in total. The first-order valence-corrected chi connectivity index (χ1v) is 10.7. The van der Waals surface area contributed by atoms with Crippen LogP contribution in [0.4, 0.5) is 8.78 Å². The molecule has 0 saturated carbocycles. The summed E-state index contributed by atoms with van der Waals surface area (Å²) in [5.74, 6) is -2.41. The normalized spacial score (nSPS) is 23.3. The molecule has 2 fully saturated rings. The number of hydrogen-bond donors (Lipinski definition) is 0. The van der Waals surface area contributed by atoms with E-state index in [0.29, 0.717) is 6.54 Å². The average Bonchev–Trinajstić information content (AvgIpc) is 2.60. The molecule has 0 aliphatic carbocycles. The standard InChI is InChI=1S/C18H22F2N2O4S/c1-12(23)21-6-7-22(18(24)13-4-8-27(25,26)9-5-13)17(11-21)15-3-2-14(19)10-16(15)20/h2-3,10,13,17H,4-9,11H2,1H3. The summed E-state index contributed by atoms with van der Waals surface area (Å²) in [6.07, 6.45) is 0.486. The molecule has 2 heterocycles. The topological polar surface area (TPSA) is 74.8 Å². The fourth-order valence-electron chi connectivity index (χ4n) is 3.74. The zero-order valence-corrected chi connectivity index (χ0v) is 15.8. The molecule has 27 heavy (non-hydrogen) atoms. The molecule has 1 aromatic rings. The van der Waals surface area contributed by atoms with Crippen molar-refractivity contribution in [3.05, 3.63) is 35.4 Å². The number of hydrogen-bond acceptors (Lipinski definition) is 4. The molecule has 0 spiro atoms. The average molecular weight is 400 g/mol. The molecule has 2 saturated heterocycles. The van der Waals surface area contributed by atoms with Crippen LogP contribution in [0.5, 0.6) is 0 Å². The van der Waals surface area contributed by atoms with Gasteiger partial charge in [0.15, 0.2) is 0 Å². The SMILES string of the molecule is CC(=O)N1CCN(C(=O)C2CCS(=O)(=O)CC2)C(c2ccc(F)cc2F)C1. The molecule has 0 bridgehead atoms. The van der Waals surface area contributed by atoms with Crippen molar-refractivity contribution >= 4 is 21.7 Å². The van der Waals surface area contributed by atoms with E-state index in [-0.39, 0.29) is 54.8 Å². The van der Waals surface area contributed by atoms with Crippen LogP contribution in [-0.4, -0.2) is 61.2 Å². The van der Waals surface area contributed by atoms with Crippen molar-refractivity contribution in [1.82, 2.24) is 9.80 Å². The zero-order valence-electron chi connectivity index (χ0n) is 15.0. The van der Waals surface area contributed by atoms with Gasteiger partial charge in [-0.15, -0.1) is 0 Å². The van der Waals surface area contributed by atoms with Crippen LogP contribution >= 0.6 is 0 Å². The quantitative estimate of drug-likeness (QED) is 0.755. The first-order chi connectivity index (χ1) is 12.7. The van der Waals surface area contributed by atoms with Gasteiger partial charge in [0.1, 0.15) is 21.5 Å². The second-order valence-electron chi connectivity index (χ2n) is 7.10. The molecule has 0 radical (unpaired) electrons. The van der Waals surface area contributed by atoms with Crippen LogP contribution in [0.15, 0.2) is 18.2 Å². The summed E-state index contributed by atoms with van der Waals surface area (Å²) in [6, 6.07) is 2.46. The predicted molar refractivity (Wildman–Crippen MR) is 94.4 cm³/mol. The maximum absolute atomic E-state index is 14.4. The van der Waals surface area contributed by atoms with Crippen LogP contribution in [-0.2, 0) is 19.4 Å². The molecule has 2 amide bonds. The second kappa shape index (κ2) is 7.53. The summed E-state index contributed by atoms with van der Waals surface area (Å²) in [5.41, 5.74) is 0.152.